The zero-order valence-electron chi connectivity index (χ0n) is 17.2. The normalized spacial score (nSPS) is 22.8. The maximum Gasteiger partial charge on any atom is 0.417 e. The lowest BCUT2D eigenvalue weighted by molar-refractivity contribution is -0.136. The van der Waals surface area contributed by atoms with E-state index in [0.29, 0.717) is 5.71 Å². The average Bonchev–Trinajstić information content (AvgIpc) is 2.56. The summed E-state index contributed by atoms with van der Waals surface area (Å²) in [5.74, 6) is 5.16. The van der Waals surface area contributed by atoms with Gasteiger partial charge in [-0.25, -0.2) is 9.69 Å². The molecule has 2 rings (SSSR count). The van der Waals surface area contributed by atoms with Crippen LogP contribution in [0.3, 0.4) is 0 Å². The molecule has 1 heterocycles. The maximum absolute atomic E-state index is 13.3. The van der Waals surface area contributed by atoms with Crippen LogP contribution < -0.4 is 0 Å². The average molecular weight is 368 g/mol. The molecule has 0 saturated heterocycles. The second-order valence-electron chi connectivity index (χ2n) is 8.15. The molecule has 144 valence electrons. The van der Waals surface area contributed by atoms with Crippen LogP contribution in [0.1, 0.15) is 54.0 Å². The molecule has 0 bridgehead atoms. The van der Waals surface area contributed by atoms with E-state index in [1.807, 2.05) is 44.2 Å². The van der Waals surface area contributed by atoms with Crippen molar-refractivity contribution in [2.45, 2.75) is 65.6 Å². The van der Waals surface area contributed by atoms with Crippen molar-refractivity contribution in [1.82, 2.24) is 4.90 Å². The zero-order valence-corrected chi connectivity index (χ0v) is 17.2. The van der Waals surface area contributed by atoms with Crippen molar-refractivity contribution < 1.29 is 14.3 Å². The number of ether oxygens (including phenoxy) is 1. The van der Waals surface area contributed by atoms with Crippen LogP contribution in [0, 0.1) is 17.8 Å². The molecule has 0 aromatic heterocycles. The summed E-state index contributed by atoms with van der Waals surface area (Å²) in [5.41, 5.74) is -0.516. The summed E-state index contributed by atoms with van der Waals surface area (Å²) in [4.78, 5) is 32.2. The highest BCUT2D eigenvalue weighted by Crippen LogP contribution is 2.31. The van der Waals surface area contributed by atoms with Crippen molar-refractivity contribution in [2.75, 3.05) is 0 Å². The molecule has 0 radical (unpaired) electrons. The van der Waals surface area contributed by atoms with E-state index in [0.717, 1.165) is 5.56 Å². The van der Waals surface area contributed by atoms with Gasteiger partial charge in [0.25, 0.3) is 5.91 Å². The first-order valence-electron chi connectivity index (χ1n) is 9.16. The predicted molar refractivity (Wildman–Crippen MR) is 107 cm³/mol. The van der Waals surface area contributed by atoms with E-state index in [4.69, 9.17) is 9.73 Å². The van der Waals surface area contributed by atoms with Crippen LogP contribution in [0.4, 0.5) is 4.79 Å². The monoisotopic (exact) mass is 368 g/mol. The number of benzene rings is 1. The Morgan fingerprint density at radius 2 is 1.85 bits per heavy atom. The lowest BCUT2D eigenvalue weighted by atomic mass is 9.86. The summed E-state index contributed by atoms with van der Waals surface area (Å²) in [6, 6.07) is 9.06. The van der Waals surface area contributed by atoms with Crippen molar-refractivity contribution in [3.8, 4) is 11.8 Å². The van der Waals surface area contributed by atoms with Gasteiger partial charge >= 0.3 is 6.09 Å². The molecule has 5 nitrogen and oxygen atoms in total. The Kier molecular flexibility index (Phi) is 5.79. The second kappa shape index (κ2) is 7.56. The van der Waals surface area contributed by atoms with Crippen LogP contribution in [0.5, 0.6) is 0 Å². The van der Waals surface area contributed by atoms with Crippen LogP contribution in [-0.2, 0) is 9.53 Å². The molecule has 0 fully saturated rings. The SMILES string of the molecule is CC#C[C@]1(C)N=C(c2ccccc2)[C@@H](C(C)C)N(C(=O)OC(C)(C)C)C1=O. The van der Waals surface area contributed by atoms with Gasteiger partial charge in [-0.3, -0.25) is 9.79 Å². The van der Waals surface area contributed by atoms with E-state index in [2.05, 4.69) is 11.8 Å². The molecule has 5 heteroatoms. The van der Waals surface area contributed by atoms with Crippen LogP contribution in [-0.4, -0.2) is 39.8 Å². The third-order valence-electron chi connectivity index (χ3n) is 4.20. The smallest absolute Gasteiger partial charge is 0.417 e. The largest absolute Gasteiger partial charge is 0.443 e. The summed E-state index contributed by atoms with van der Waals surface area (Å²) < 4.78 is 5.55. The Balaban J connectivity index is 2.68. The minimum absolute atomic E-state index is 0.0421. The van der Waals surface area contributed by atoms with Crippen molar-refractivity contribution in [3.63, 3.8) is 0 Å². The standard InChI is InChI=1S/C22H28N2O3/c1-8-14-22(7)19(25)24(20(26)27-21(4,5)6)18(15(2)3)17(23-22)16-12-10-9-11-13-16/h9-13,15,18H,1-7H3/t18-,22+/m1/s1. The molecule has 1 aliphatic rings. The Hall–Kier alpha value is -2.61. The lowest BCUT2D eigenvalue weighted by Crippen LogP contribution is -2.62. The van der Waals surface area contributed by atoms with Gasteiger partial charge in [-0.05, 0) is 46.1 Å². The highest BCUT2D eigenvalue weighted by molar-refractivity contribution is 6.15. The molecule has 0 aliphatic carbocycles. The fraction of sp³-hybridized carbons (Fsp3) is 0.500. The van der Waals surface area contributed by atoms with Crippen molar-refractivity contribution in [2.24, 2.45) is 10.9 Å². The van der Waals surface area contributed by atoms with Gasteiger partial charge in [0.15, 0.2) is 5.54 Å². The number of aliphatic imine (C=N–C) groups is 1. The van der Waals surface area contributed by atoms with E-state index < -0.39 is 29.2 Å². The van der Waals surface area contributed by atoms with Gasteiger partial charge in [0.05, 0.1) is 11.8 Å². The highest BCUT2D eigenvalue weighted by Gasteiger charge is 2.49. The van der Waals surface area contributed by atoms with E-state index >= 15 is 0 Å². The van der Waals surface area contributed by atoms with Crippen molar-refractivity contribution >= 4 is 17.7 Å². The number of amides is 2. The zero-order chi connectivity index (χ0) is 20.4. The van der Waals surface area contributed by atoms with Gasteiger partial charge in [0.2, 0.25) is 0 Å². The summed E-state index contributed by atoms with van der Waals surface area (Å²) in [5, 5.41) is 0. The third kappa shape index (κ3) is 4.39. The van der Waals surface area contributed by atoms with E-state index in [9.17, 15) is 9.59 Å². The van der Waals surface area contributed by atoms with E-state index in [1.165, 1.54) is 4.90 Å². The van der Waals surface area contributed by atoms with E-state index in [-0.39, 0.29) is 5.92 Å². The summed E-state index contributed by atoms with van der Waals surface area (Å²) in [7, 11) is 0. The number of hydrogen-bond acceptors (Lipinski definition) is 4. The molecule has 2 atom stereocenters. The van der Waals surface area contributed by atoms with Crippen molar-refractivity contribution in [3.05, 3.63) is 35.9 Å². The van der Waals surface area contributed by atoms with Gasteiger partial charge in [-0.15, -0.1) is 5.92 Å². The van der Waals surface area contributed by atoms with Gasteiger partial charge < -0.3 is 4.74 Å². The Morgan fingerprint density at radius 1 is 1.26 bits per heavy atom. The molecule has 1 aliphatic heterocycles. The Bertz CT molecular complexity index is 809. The molecule has 1 aromatic carbocycles. The Morgan fingerprint density at radius 3 is 2.33 bits per heavy atom. The second-order valence-corrected chi connectivity index (χ2v) is 8.15. The minimum Gasteiger partial charge on any atom is -0.443 e. The number of imide groups is 1. The first kappa shape index (κ1) is 20.7. The minimum atomic E-state index is -1.33. The van der Waals surface area contributed by atoms with Crippen LogP contribution in [0.2, 0.25) is 0 Å². The molecule has 0 N–H and O–H groups in total. The first-order chi connectivity index (χ1) is 12.5. The summed E-state index contributed by atoms with van der Waals surface area (Å²) >= 11 is 0. The molecular weight excluding hydrogens is 340 g/mol. The Labute approximate surface area is 161 Å². The fourth-order valence-corrected chi connectivity index (χ4v) is 3.13. The molecule has 27 heavy (non-hydrogen) atoms. The fourth-order valence-electron chi connectivity index (χ4n) is 3.13. The predicted octanol–water partition coefficient (Wildman–Crippen LogP) is 4.06. The van der Waals surface area contributed by atoms with Crippen LogP contribution in [0.25, 0.3) is 0 Å². The van der Waals surface area contributed by atoms with Gasteiger partial charge in [0.1, 0.15) is 5.60 Å². The number of nitrogens with zero attached hydrogens (tertiary/aromatic N) is 2. The van der Waals surface area contributed by atoms with Gasteiger partial charge in [-0.2, -0.15) is 0 Å². The first-order valence-corrected chi connectivity index (χ1v) is 9.16. The number of carbonyl (C=O) groups excluding carboxylic acids is 2. The van der Waals surface area contributed by atoms with Crippen LogP contribution >= 0.6 is 0 Å². The third-order valence-corrected chi connectivity index (χ3v) is 4.20. The molecule has 0 saturated carbocycles. The van der Waals surface area contributed by atoms with Gasteiger partial charge in [-0.1, -0.05) is 50.1 Å². The molecule has 2 amide bonds. The number of carbonyl (C=O) groups is 2. The quantitative estimate of drug-likeness (QED) is 0.740. The number of hydrogen-bond donors (Lipinski definition) is 0. The number of rotatable bonds is 2. The lowest BCUT2D eigenvalue weighted by Gasteiger charge is -2.41. The molecule has 1 aromatic rings. The molecule has 0 spiro atoms. The van der Waals surface area contributed by atoms with Crippen LogP contribution in [0.15, 0.2) is 35.3 Å². The maximum atomic E-state index is 13.3. The highest BCUT2D eigenvalue weighted by atomic mass is 16.6. The molecular formula is C22H28N2O3. The topological polar surface area (TPSA) is 59.0 Å². The van der Waals surface area contributed by atoms with Gasteiger partial charge in [0, 0.05) is 0 Å². The summed E-state index contributed by atoms with van der Waals surface area (Å²) in [6.45, 7) is 12.6. The summed E-state index contributed by atoms with van der Waals surface area (Å²) in [6.07, 6.45) is -0.668. The molecule has 0 unspecified atom stereocenters. The van der Waals surface area contributed by atoms with E-state index in [1.54, 1.807) is 34.6 Å². The van der Waals surface area contributed by atoms with Crippen molar-refractivity contribution in [1.29, 1.82) is 0 Å².